The fourth-order valence-corrected chi connectivity index (χ4v) is 3.45. The van der Waals surface area contributed by atoms with Gasteiger partial charge in [0, 0.05) is 15.7 Å². The van der Waals surface area contributed by atoms with Crippen molar-refractivity contribution >= 4 is 8.25 Å². The van der Waals surface area contributed by atoms with Crippen LogP contribution in [-0.2, 0) is 13.6 Å². The second-order valence-electron chi connectivity index (χ2n) is 7.18. The fraction of sp³-hybridized carbons (Fsp3) is 0.667. The maximum absolute atomic E-state index is 12.9. The van der Waals surface area contributed by atoms with E-state index in [0.717, 1.165) is 12.1 Å². The van der Waals surface area contributed by atoms with Crippen molar-refractivity contribution in [2.45, 2.75) is 76.4 Å². The molecule has 0 bridgehead atoms. The van der Waals surface area contributed by atoms with Gasteiger partial charge in [0.15, 0.2) is 0 Å². The average Bonchev–Trinajstić information content (AvgIpc) is 2.64. The fourth-order valence-electron chi connectivity index (χ4n) is 2.52. The molecule has 0 spiro atoms. The number of rotatable bonds is 10. The lowest BCUT2D eigenvalue weighted by Crippen LogP contribution is -2.26. The van der Waals surface area contributed by atoms with E-state index in [1.807, 2.05) is 0 Å². The second kappa shape index (κ2) is 12.7. The zero-order valence-electron chi connectivity index (χ0n) is 18.1. The molecule has 0 saturated carbocycles. The Morgan fingerprint density at radius 1 is 0.667 bits per heavy atom. The molecule has 36 heavy (non-hydrogen) atoms. The highest BCUT2D eigenvalue weighted by atomic mass is 31.1. The van der Waals surface area contributed by atoms with Crippen LogP contribution < -0.4 is 0 Å². The van der Waals surface area contributed by atoms with Crippen LogP contribution in [0.4, 0.5) is 52.7 Å². The molecule has 0 aliphatic rings. The molecule has 0 fully saturated rings. The van der Waals surface area contributed by atoms with E-state index in [1.165, 1.54) is 0 Å². The summed E-state index contributed by atoms with van der Waals surface area (Å²) in [6.07, 6.45) is -34.0. The molecule has 0 saturated heterocycles. The van der Waals surface area contributed by atoms with Crippen molar-refractivity contribution in [1.82, 2.24) is 0 Å². The predicted octanol–water partition coefficient (Wildman–Crippen LogP) is 7.90. The summed E-state index contributed by atoms with van der Waals surface area (Å²) < 4.78 is 174. The largest absolute Gasteiger partial charge is 0.698 e. The van der Waals surface area contributed by atoms with Crippen LogP contribution in [0.5, 0.6) is 0 Å². The summed E-state index contributed by atoms with van der Waals surface area (Å²) in [5.41, 5.74) is -4.54. The highest BCUT2D eigenvalue weighted by molar-refractivity contribution is 7.33. The zero-order valence-corrected chi connectivity index (χ0v) is 19.0. The quantitative estimate of drug-likeness (QED) is 0.152. The second-order valence-corrected chi connectivity index (χ2v) is 8.05. The molecule has 2 unspecified atom stereocenters. The van der Waals surface area contributed by atoms with Crippen LogP contribution in [0.3, 0.4) is 0 Å². The van der Waals surface area contributed by atoms with Crippen molar-refractivity contribution in [3.05, 3.63) is 22.3 Å². The van der Waals surface area contributed by atoms with Crippen LogP contribution in [0.15, 0.2) is 22.3 Å². The summed E-state index contributed by atoms with van der Waals surface area (Å²) in [5.74, 6) is 0. The number of hydrogen-bond donors (Lipinski definition) is 0. The van der Waals surface area contributed by atoms with E-state index in [1.54, 1.807) is 0 Å². The van der Waals surface area contributed by atoms with E-state index in [-0.39, 0.29) is 0 Å². The number of hydrogen-bond acceptors (Lipinski definition) is 5. The molecule has 0 N–H and O–H groups in total. The Morgan fingerprint density at radius 2 is 0.944 bits per heavy atom. The van der Waals surface area contributed by atoms with Gasteiger partial charge in [0.2, 0.25) is 0 Å². The van der Waals surface area contributed by atoms with Gasteiger partial charge in [-0.15, -0.1) is 9.05 Å². The van der Waals surface area contributed by atoms with Crippen LogP contribution in [0, 0.1) is 22.7 Å². The SMILES string of the molecule is CC(=C(C#N)CC(F)(F)F)C(CC(F)(F)F)O[P+](=O)OC(CC(F)(F)F)C(C)=C(C#N)CC(F)(F)F. The Labute approximate surface area is 196 Å². The number of nitriles is 2. The van der Waals surface area contributed by atoms with Crippen LogP contribution >= 0.6 is 8.25 Å². The van der Waals surface area contributed by atoms with Gasteiger partial charge in [0.05, 0.1) is 37.8 Å². The van der Waals surface area contributed by atoms with E-state index in [4.69, 9.17) is 10.5 Å². The Morgan fingerprint density at radius 3 is 1.14 bits per heavy atom. The van der Waals surface area contributed by atoms with Gasteiger partial charge in [-0.3, -0.25) is 0 Å². The molecule has 2 atom stereocenters. The first kappa shape index (κ1) is 33.6. The third kappa shape index (κ3) is 14.3. The summed E-state index contributed by atoms with van der Waals surface area (Å²) in [5, 5.41) is 17.7. The normalized spacial score (nSPS) is 16.8. The molecule has 18 heteroatoms. The summed E-state index contributed by atoms with van der Waals surface area (Å²) in [6.45, 7) is 1.19. The van der Waals surface area contributed by atoms with Crippen LogP contribution in [-0.4, -0.2) is 36.9 Å². The summed E-state index contributed by atoms with van der Waals surface area (Å²) in [7, 11) is -4.06. The average molecular weight is 567 g/mol. The molecule has 204 valence electrons. The standard InChI is InChI=1S/C18H16F12N2O3P/c1-9(11(7-31)3-15(19,20)21)13(5-17(25,26)27)34-36(33)35-14(6-18(28,29)30)10(2)12(8-32)4-16(22,23)24/h13-14H,3-6H2,1-2H3/q+1. The first-order chi connectivity index (χ1) is 16.0. The summed E-state index contributed by atoms with van der Waals surface area (Å²) in [4.78, 5) is 0. The molecular formula is C18H16F12N2O3P+. The third-order valence-corrected chi connectivity index (χ3v) is 5.06. The van der Waals surface area contributed by atoms with E-state index < -0.39 is 93.1 Å². The molecular weight excluding hydrogens is 551 g/mol. The highest BCUT2D eigenvalue weighted by Gasteiger charge is 2.45. The van der Waals surface area contributed by atoms with Gasteiger partial charge in [0.25, 0.3) is 0 Å². The molecule has 0 aliphatic carbocycles. The molecule has 0 rings (SSSR count). The monoisotopic (exact) mass is 567 g/mol. The minimum atomic E-state index is -5.19. The Kier molecular flexibility index (Phi) is 11.9. The van der Waals surface area contributed by atoms with Gasteiger partial charge in [0.1, 0.15) is 12.2 Å². The minimum absolute atomic E-state index is 0.597. The molecule has 0 aromatic heterocycles. The van der Waals surface area contributed by atoms with Crippen molar-refractivity contribution < 1.29 is 66.3 Å². The minimum Gasteiger partial charge on any atom is -0.193 e. The Balaban J connectivity index is 6.24. The van der Waals surface area contributed by atoms with Gasteiger partial charge < -0.3 is 0 Å². The first-order valence-corrected chi connectivity index (χ1v) is 10.3. The lowest BCUT2D eigenvalue weighted by molar-refractivity contribution is -0.150. The van der Waals surface area contributed by atoms with Crippen molar-refractivity contribution in [3.63, 3.8) is 0 Å². The van der Waals surface area contributed by atoms with Crippen LogP contribution in [0.25, 0.3) is 0 Å². The molecule has 0 heterocycles. The number of alkyl halides is 12. The molecule has 0 aliphatic heterocycles. The topological polar surface area (TPSA) is 83.1 Å². The van der Waals surface area contributed by atoms with E-state index >= 15 is 0 Å². The van der Waals surface area contributed by atoms with Crippen LogP contribution in [0.2, 0.25) is 0 Å². The van der Waals surface area contributed by atoms with Gasteiger partial charge in [-0.05, 0) is 25.0 Å². The first-order valence-electron chi connectivity index (χ1n) is 9.25. The van der Waals surface area contributed by atoms with Crippen LogP contribution in [0.1, 0.15) is 39.5 Å². The lowest BCUT2D eigenvalue weighted by atomic mass is 10.0. The maximum atomic E-state index is 12.9. The van der Waals surface area contributed by atoms with Gasteiger partial charge in [-0.1, -0.05) is 0 Å². The van der Waals surface area contributed by atoms with Gasteiger partial charge >= 0.3 is 33.0 Å². The maximum Gasteiger partial charge on any atom is 0.698 e. The molecule has 0 amide bonds. The van der Waals surface area contributed by atoms with E-state index in [2.05, 4.69) is 9.05 Å². The molecule has 0 radical (unpaired) electrons. The molecule has 5 nitrogen and oxygen atoms in total. The van der Waals surface area contributed by atoms with Crippen molar-refractivity contribution in [2.24, 2.45) is 0 Å². The van der Waals surface area contributed by atoms with E-state index in [0.29, 0.717) is 13.8 Å². The molecule has 0 aromatic rings. The van der Waals surface area contributed by atoms with Crippen molar-refractivity contribution in [3.8, 4) is 12.1 Å². The Bertz CT molecular complexity index is 860. The third-order valence-electron chi connectivity index (χ3n) is 4.20. The van der Waals surface area contributed by atoms with Crippen molar-refractivity contribution in [2.75, 3.05) is 0 Å². The van der Waals surface area contributed by atoms with E-state index in [9.17, 15) is 57.3 Å². The van der Waals surface area contributed by atoms with Gasteiger partial charge in [-0.2, -0.15) is 63.2 Å². The zero-order chi connectivity index (χ0) is 28.7. The van der Waals surface area contributed by atoms with Crippen molar-refractivity contribution in [1.29, 1.82) is 10.5 Å². The summed E-state index contributed by atoms with van der Waals surface area (Å²) >= 11 is 0. The number of nitrogens with zero attached hydrogens (tertiary/aromatic N) is 2. The number of allylic oxidation sites excluding steroid dienone is 2. The smallest absolute Gasteiger partial charge is 0.193 e. The lowest BCUT2D eigenvalue weighted by Gasteiger charge is -2.18. The Hall–Kier alpha value is -2.36. The summed E-state index contributed by atoms with van der Waals surface area (Å²) in [6, 6.07) is 2.02. The number of halogens is 12. The molecule has 0 aromatic carbocycles. The predicted molar refractivity (Wildman–Crippen MR) is 96.7 cm³/mol. The van der Waals surface area contributed by atoms with Gasteiger partial charge in [-0.25, -0.2) is 0 Å². The highest BCUT2D eigenvalue weighted by Crippen LogP contribution is 2.41.